The zero-order valence-electron chi connectivity index (χ0n) is 21.8. The lowest BCUT2D eigenvalue weighted by Gasteiger charge is -2.15. The number of anilines is 2. The van der Waals surface area contributed by atoms with E-state index in [1.807, 2.05) is 20.8 Å². The minimum atomic E-state index is 0.712. The molecule has 182 valence electrons. The fourth-order valence-electron chi connectivity index (χ4n) is 4.33. The lowest BCUT2D eigenvalue weighted by atomic mass is 9.99. The molecule has 0 atom stereocenters. The van der Waals surface area contributed by atoms with Crippen molar-refractivity contribution in [3.05, 3.63) is 120 Å². The standard InChI is InChI=1S/C31H29N3.C2H6/c1-4-23-14-17-27(18-15-23)32-31-33-29-20-25(22(2)3)16-19-30(29)34(31)21-26-12-8-9-13-28(26)24-10-6-5-7-11-24;1-2/h5-20H,2,4,21H2,1,3H3,(H,32,33);1-2H3. The van der Waals surface area contributed by atoms with E-state index in [0.717, 1.165) is 40.2 Å². The molecule has 4 aromatic carbocycles. The van der Waals surface area contributed by atoms with Crippen LogP contribution in [0.15, 0.2) is 104 Å². The highest BCUT2D eigenvalue weighted by Crippen LogP contribution is 2.30. The quantitative estimate of drug-likeness (QED) is 0.255. The molecule has 0 aliphatic rings. The monoisotopic (exact) mass is 473 g/mol. The van der Waals surface area contributed by atoms with E-state index < -0.39 is 0 Å². The van der Waals surface area contributed by atoms with Gasteiger partial charge in [-0.25, -0.2) is 4.98 Å². The van der Waals surface area contributed by atoms with Crippen LogP contribution in [0.1, 0.15) is 44.4 Å². The molecule has 0 unspecified atom stereocenters. The first kappa shape index (κ1) is 25.0. The molecule has 0 radical (unpaired) electrons. The van der Waals surface area contributed by atoms with Gasteiger partial charge in [0, 0.05) is 5.69 Å². The largest absolute Gasteiger partial charge is 0.326 e. The SMILES string of the molecule is C=C(C)c1ccc2c(c1)nc(Nc1ccc(CC)cc1)n2Cc1ccccc1-c1ccccc1.CC. The van der Waals surface area contributed by atoms with Crippen LogP contribution in [-0.2, 0) is 13.0 Å². The van der Waals surface area contributed by atoms with Crippen LogP contribution in [-0.4, -0.2) is 9.55 Å². The molecule has 3 heteroatoms. The predicted molar refractivity (Wildman–Crippen MR) is 156 cm³/mol. The lowest BCUT2D eigenvalue weighted by Crippen LogP contribution is -2.06. The Morgan fingerprint density at radius 1 is 0.861 bits per heavy atom. The fourth-order valence-corrected chi connectivity index (χ4v) is 4.33. The molecule has 0 fully saturated rings. The first-order valence-electron chi connectivity index (χ1n) is 12.8. The molecule has 36 heavy (non-hydrogen) atoms. The summed E-state index contributed by atoms with van der Waals surface area (Å²) in [5.74, 6) is 0.834. The number of rotatable bonds is 7. The number of allylic oxidation sites excluding steroid dienone is 1. The number of nitrogens with zero attached hydrogens (tertiary/aromatic N) is 2. The number of hydrogen-bond acceptors (Lipinski definition) is 2. The van der Waals surface area contributed by atoms with Crippen LogP contribution in [0, 0.1) is 0 Å². The molecule has 0 aliphatic heterocycles. The molecule has 1 aromatic heterocycles. The second-order valence-corrected chi connectivity index (χ2v) is 8.70. The Morgan fingerprint density at radius 3 is 2.25 bits per heavy atom. The topological polar surface area (TPSA) is 29.9 Å². The van der Waals surface area contributed by atoms with Gasteiger partial charge >= 0.3 is 0 Å². The van der Waals surface area contributed by atoms with E-state index >= 15 is 0 Å². The van der Waals surface area contributed by atoms with Crippen molar-refractivity contribution >= 4 is 28.2 Å². The van der Waals surface area contributed by atoms with Crippen LogP contribution in [0.5, 0.6) is 0 Å². The van der Waals surface area contributed by atoms with Gasteiger partial charge in [-0.15, -0.1) is 0 Å². The Bertz CT molecular complexity index is 1440. The van der Waals surface area contributed by atoms with Gasteiger partial charge < -0.3 is 9.88 Å². The Balaban J connectivity index is 0.00000148. The van der Waals surface area contributed by atoms with Gasteiger partial charge in [0.2, 0.25) is 5.95 Å². The summed E-state index contributed by atoms with van der Waals surface area (Å²) in [6, 6.07) is 34.2. The second kappa shape index (κ2) is 11.5. The molecule has 0 saturated carbocycles. The van der Waals surface area contributed by atoms with Gasteiger partial charge in [0.25, 0.3) is 0 Å². The van der Waals surface area contributed by atoms with E-state index in [9.17, 15) is 0 Å². The van der Waals surface area contributed by atoms with E-state index in [1.165, 1.54) is 22.3 Å². The van der Waals surface area contributed by atoms with Crippen LogP contribution < -0.4 is 5.32 Å². The van der Waals surface area contributed by atoms with Crippen molar-refractivity contribution in [2.24, 2.45) is 0 Å². The van der Waals surface area contributed by atoms with Crippen molar-refractivity contribution in [1.29, 1.82) is 0 Å². The van der Waals surface area contributed by atoms with Gasteiger partial charge in [0.05, 0.1) is 17.6 Å². The molecule has 1 N–H and O–H groups in total. The van der Waals surface area contributed by atoms with Crippen molar-refractivity contribution < 1.29 is 0 Å². The van der Waals surface area contributed by atoms with Gasteiger partial charge in [-0.3, -0.25) is 0 Å². The van der Waals surface area contributed by atoms with E-state index in [1.54, 1.807) is 0 Å². The summed E-state index contributed by atoms with van der Waals surface area (Å²) in [5.41, 5.74) is 10.3. The first-order chi connectivity index (χ1) is 17.6. The van der Waals surface area contributed by atoms with Crippen LogP contribution in [0.2, 0.25) is 0 Å². The number of fused-ring (bicyclic) bond motifs is 1. The molecule has 0 spiro atoms. The summed E-state index contributed by atoms with van der Waals surface area (Å²) in [5, 5.41) is 3.57. The van der Waals surface area contributed by atoms with E-state index in [2.05, 4.69) is 120 Å². The number of aryl methyl sites for hydroxylation is 1. The normalized spacial score (nSPS) is 10.6. The summed E-state index contributed by atoms with van der Waals surface area (Å²) in [6.45, 7) is 13.0. The van der Waals surface area contributed by atoms with Gasteiger partial charge in [0.15, 0.2) is 0 Å². The van der Waals surface area contributed by atoms with Gasteiger partial charge in [-0.2, -0.15) is 0 Å². The average Bonchev–Trinajstić information content (AvgIpc) is 3.27. The maximum Gasteiger partial charge on any atom is 0.208 e. The number of nitrogens with one attached hydrogen (secondary N) is 1. The fraction of sp³-hybridized carbons (Fsp3) is 0.182. The Labute approximate surface area is 215 Å². The predicted octanol–water partition coefficient (Wildman–Crippen LogP) is 9.12. The number of hydrogen-bond donors (Lipinski definition) is 1. The van der Waals surface area contributed by atoms with Crippen molar-refractivity contribution in [3.63, 3.8) is 0 Å². The molecular formula is C33H35N3. The molecule has 0 bridgehead atoms. The number of benzene rings is 4. The molecule has 0 aliphatic carbocycles. The van der Waals surface area contributed by atoms with Crippen molar-refractivity contribution in [1.82, 2.24) is 9.55 Å². The minimum absolute atomic E-state index is 0.712. The van der Waals surface area contributed by atoms with Crippen molar-refractivity contribution in [2.75, 3.05) is 5.32 Å². The van der Waals surface area contributed by atoms with Crippen molar-refractivity contribution in [3.8, 4) is 11.1 Å². The Morgan fingerprint density at radius 2 is 1.56 bits per heavy atom. The van der Waals surface area contributed by atoms with Crippen LogP contribution >= 0.6 is 0 Å². The third-order valence-corrected chi connectivity index (χ3v) is 6.29. The minimum Gasteiger partial charge on any atom is -0.326 e. The molecule has 0 amide bonds. The van der Waals surface area contributed by atoms with Gasteiger partial charge in [-0.05, 0) is 65.4 Å². The van der Waals surface area contributed by atoms with Gasteiger partial charge in [-0.1, -0.05) is 106 Å². The summed E-state index contributed by atoms with van der Waals surface area (Å²) >= 11 is 0. The number of imidazole rings is 1. The molecule has 1 heterocycles. The highest BCUT2D eigenvalue weighted by molar-refractivity contribution is 5.84. The van der Waals surface area contributed by atoms with Crippen LogP contribution in [0.25, 0.3) is 27.7 Å². The molecule has 5 aromatic rings. The molecule has 0 saturated heterocycles. The molecule has 3 nitrogen and oxygen atoms in total. The molecular weight excluding hydrogens is 438 g/mol. The molecule has 5 rings (SSSR count). The zero-order chi connectivity index (χ0) is 25.5. The van der Waals surface area contributed by atoms with E-state index in [4.69, 9.17) is 4.98 Å². The van der Waals surface area contributed by atoms with Gasteiger partial charge in [0.1, 0.15) is 0 Å². The van der Waals surface area contributed by atoms with Crippen LogP contribution in [0.3, 0.4) is 0 Å². The second-order valence-electron chi connectivity index (χ2n) is 8.70. The highest BCUT2D eigenvalue weighted by atomic mass is 15.2. The smallest absolute Gasteiger partial charge is 0.208 e. The maximum atomic E-state index is 5.00. The first-order valence-corrected chi connectivity index (χ1v) is 12.8. The maximum absolute atomic E-state index is 5.00. The number of aromatic nitrogens is 2. The third kappa shape index (κ3) is 5.41. The van der Waals surface area contributed by atoms with E-state index in [-0.39, 0.29) is 0 Å². The van der Waals surface area contributed by atoms with Crippen molar-refractivity contribution in [2.45, 2.75) is 40.7 Å². The Hall–Kier alpha value is -4.11. The highest BCUT2D eigenvalue weighted by Gasteiger charge is 2.14. The lowest BCUT2D eigenvalue weighted by molar-refractivity contribution is 0.836. The summed E-state index contributed by atoms with van der Waals surface area (Å²) < 4.78 is 2.27. The van der Waals surface area contributed by atoms with E-state index in [0.29, 0.717) is 6.54 Å². The van der Waals surface area contributed by atoms with Crippen LogP contribution in [0.4, 0.5) is 11.6 Å². The zero-order valence-corrected chi connectivity index (χ0v) is 21.8. The summed E-state index contributed by atoms with van der Waals surface area (Å²) in [7, 11) is 0. The Kier molecular flexibility index (Phi) is 8.02. The summed E-state index contributed by atoms with van der Waals surface area (Å²) in [4.78, 5) is 5.00. The summed E-state index contributed by atoms with van der Waals surface area (Å²) in [6.07, 6.45) is 1.03. The third-order valence-electron chi connectivity index (χ3n) is 6.29. The average molecular weight is 474 g/mol.